The van der Waals surface area contributed by atoms with Crippen LogP contribution in [0.2, 0.25) is 5.02 Å². The predicted octanol–water partition coefficient (Wildman–Crippen LogP) is 3.09. The van der Waals surface area contributed by atoms with Crippen LogP contribution >= 0.6 is 23.1 Å². The monoisotopic (exact) mass is 255 g/mol. The number of amides is 2. The Bertz CT molecular complexity index is 526. The summed E-state index contributed by atoms with van der Waals surface area (Å²) >= 11 is 7.23. The van der Waals surface area contributed by atoms with Crippen molar-refractivity contribution < 1.29 is 4.79 Å². The van der Waals surface area contributed by atoms with Gasteiger partial charge in [-0.05, 0) is 36.7 Å². The number of nitrogens with zero attached hydrogens (tertiary/aromatic N) is 1. The quantitative estimate of drug-likeness (QED) is 0.866. The standard InChI is InChI=1S/C10H10ClN3OS/c1-2-12-10(15)13-9-7-5-6(11)3-4-8(7)16-14-9/h3-5H,2H2,1H3,(H2,12,13,14,15). The van der Waals surface area contributed by atoms with Gasteiger partial charge in [-0.3, -0.25) is 5.32 Å². The normalized spacial score (nSPS) is 10.4. The highest BCUT2D eigenvalue weighted by Gasteiger charge is 2.09. The number of urea groups is 1. The van der Waals surface area contributed by atoms with Gasteiger partial charge >= 0.3 is 6.03 Å². The van der Waals surface area contributed by atoms with Crippen LogP contribution in [0.15, 0.2) is 18.2 Å². The van der Waals surface area contributed by atoms with Gasteiger partial charge in [-0.25, -0.2) is 4.79 Å². The van der Waals surface area contributed by atoms with Crippen molar-refractivity contribution >= 4 is 45.1 Å². The van der Waals surface area contributed by atoms with E-state index in [2.05, 4.69) is 15.0 Å². The molecule has 0 unspecified atom stereocenters. The second-order valence-electron chi connectivity index (χ2n) is 3.16. The van der Waals surface area contributed by atoms with Gasteiger partial charge in [-0.15, -0.1) is 0 Å². The van der Waals surface area contributed by atoms with Gasteiger partial charge in [-0.2, -0.15) is 4.37 Å². The van der Waals surface area contributed by atoms with Crippen LogP contribution in [0.4, 0.5) is 10.6 Å². The van der Waals surface area contributed by atoms with Crippen LogP contribution in [0, 0.1) is 0 Å². The summed E-state index contributed by atoms with van der Waals surface area (Å²) in [6.45, 7) is 2.43. The van der Waals surface area contributed by atoms with E-state index in [1.54, 1.807) is 12.1 Å². The third kappa shape index (κ3) is 2.25. The summed E-state index contributed by atoms with van der Waals surface area (Å²) in [4.78, 5) is 11.3. The van der Waals surface area contributed by atoms with E-state index < -0.39 is 0 Å². The molecule has 0 fully saturated rings. The molecule has 0 aliphatic heterocycles. The first-order chi connectivity index (χ1) is 7.70. The molecule has 0 spiro atoms. The SMILES string of the molecule is CCNC(=O)Nc1nsc2ccc(Cl)cc12. The van der Waals surface area contributed by atoms with Crippen molar-refractivity contribution in [3.8, 4) is 0 Å². The lowest BCUT2D eigenvalue weighted by Crippen LogP contribution is -2.28. The Hall–Kier alpha value is -1.33. The van der Waals surface area contributed by atoms with E-state index in [0.29, 0.717) is 17.4 Å². The van der Waals surface area contributed by atoms with Crippen molar-refractivity contribution in [2.24, 2.45) is 0 Å². The third-order valence-corrected chi connectivity index (χ3v) is 3.06. The molecule has 0 aliphatic carbocycles. The van der Waals surface area contributed by atoms with Gasteiger partial charge < -0.3 is 5.32 Å². The minimum Gasteiger partial charge on any atom is -0.338 e. The van der Waals surface area contributed by atoms with Crippen LogP contribution in [0.3, 0.4) is 0 Å². The first-order valence-corrected chi connectivity index (χ1v) is 5.95. The number of anilines is 1. The Labute approximate surface area is 102 Å². The van der Waals surface area contributed by atoms with Gasteiger partial charge in [0.05, 0.1) is 4.70 Å². The van der Waals surface area contributed by atoms with Gasteiger partial charge in [0.25, 0.3) is 0 Å². The Kier molecular flexibility index (Phi) is 3.26. The molecule has 6 heteroatoms. The highest BCUT2D eigenvalue weighted by atomic mass is 35.5. The van der Waals surface area contributed by atoms with Gasteiger partial charge in [0, 0.05) is 17.0 Å². The number of rotatable bonds is 2. The largest absolute Gasteiger partial charge is 0.338 e. The van der Waals surface area contributed by atoms with Crippen LogP contribution in [-0.2, 0) is 0 Å². The number of carbonyl (C=O) groups excluding carboxylic acids is 1. The topological polar surface area (TPSA) is 54.0 Å². The van der Waals surface area contributed by atoms with Crippen molar-refractivity contribution in [1.82, 2.24) is 9.69 Å². The molecule has 16 heavy (non-hydrogen) atoms. The summed E-state index contributed by atoms with van der Waals surface area (Å²) in [6, 6.07) is 5.23. The number of fused-ring (bicyclic) bond motifs is 1. The van der Waals surface area contributed by atoms with E-state index in [1.165, 1.54) is 11.5 Å². The third-order valence-electron chi connectivity index (χ3n) is 2.00. The number of carbonyl (C=O) groups is 1. The van der Waals surface area contributed by atoms with E-state index >= 15 is 0 Å². The molecular formula is C10H10ClN3OS. The van der Waals surface area contributed by atoms with Crippen molar-refractivity contribution in [1.29, 1.82) is 0 Å². The fraction of sp³-hybridized carbons (Fsp3) is 0.200. The number of nitrogens with one attached hydrogen (secondary N) is 2. The zero-order chi connectivity index (χ0) is 11.5. The molecule has 2 aromatic rings. The molecule has 1 heterocycles. The first kappa shape index (κ1) is 11.2. The second kappa shape index (κ2) is 4.67. The molecule has 2 rings (SSSR count). The number of hydrogen-bond donors (Lipinski definition) is 2. The smallest absolute Gasteiger partial charge is 0.320 e. The molecule has 1 aromatic carbocycles. The van der Waals surface area contributed by atoms with Crippen molar-refractivity contribution in [2.75, 3.05) is 11.9 Å². The predicted molar refractivity (Wildman–Crippen MR) is 67.3 cm³/mol. The maximum atomic E-state index is 11.3. The lowest BCUT2D eigenvalue weighted by molar-refractivity contribution is 0.252. The summed E-state index contributed by atoms with van der Waals surface area (Å²) in [7, 11) is 0. The molecule has 0 radical (unpaired) electrons. The molecule has 1 aromatic heterocycles. The number of benzene rings is 1. The molecule has 0 saturated carbocycles. The Morgan fingerprint density at radius 3 is 3.12 bits per heavy atom. The van der Waals surface area contributed by atoms with Gasteiger partial charge in [0.15, 0.2) is 5.82 Å². The molecule has 2 amide bonds. The molecule has 0 aliphatic rings. The fourth-order valence-electron chi connectivity index (χ4n) is 1.31. The summed E-state index contributed by atoms with van der Waals surface area (Å²) in [5.41, 5.74) is 0. The lowest BCUT2D eigenvalue weighted by atomic mass is 10.2. The molecule has 2 N–H and O–H groups in total. The van der Waals surface area contributed by atoms with E-state index in [9.17, 15) is 4.79 Å². The van der Waals surface area contributed by atoms with E-state index in [0.717, 1.165) is 10.1 Å². The molecular weight excluding hydrogens is 246 g/mol. The molecule has 4 nitrogen and oxygen atoms in total. The number of halogens is 1. The summed E-state index contributed by atoms with van der Waals surface area (Å²) in [5, 5.41) is 6.82. The van der Waals surface area contributed by atoms with Gasteiger partial charge in [0.1, 0.15) is 0 Å². The van der Waals surface area contributed by atoms with Crippen LogP contribution in [0.1, 0.15) is 6.92 Å². The lowest BCUT2D eigenvalue weighted by Gasteiger charge is -2.02. The van der Waals surface area contributed by atoms with E-state index in [1.807, 2.05) is 13.0 Å². The Morgan fingerprint density at radius 2 is 2.38 bits per heavy atom. The van der Waals surface area contributed by atoms with Gasteiger partial charge in [0.2, 0.25) is 0 Å². The van der Waals surface area contributed by atoms with Crippen LogP contribution in [-0.4, -0.2) is 16.9 Å². The Balaban J connectivity index is 2.30. The van der Waals surface area contributed by atoms with Crippen LogP contribution in [0.25, 0.3) is 10.1 Å². The average Bonchev–Trinajstić information content (AvgIpc) is 2.61. The first-order valence-electron chi connectivity index (χ1n) is 4.80. The van der Waals surface area contributed by atoms with E-state index in [-0.39, 0.29) is 6.03 Å². The maximum absolute atomic E-state index is 11.3. The minimum absolute atomic E-state index is 0.255. The molecule has 0 saturated heterocycles. The van der Waals surface area contributed by atoms with Crippen LogP contribution in [0.5, 0.6) is 0 Å². The van der Waals surface area contributed by atoms with Crippen LogP contribution < -0.4 is 10.6 Å². The average molecular weight is 256 g/mol. The van der Waals surface area contributed by atoms with E-state index in [4.69, 9.17) is 11.6 Å². The Morgan fingerprint density at radius 1 is 1.56 bits per heavy atom. The van der Waals surface area contributed by atoms with Crippen molar-refractivity contribution in [3.63, 3.8) is 0 Å². The molecule has 0 atom stereocenters. The summed E-state index contributed by atoms with van der Waals surface area (Å²) in [5.74, 6) is 0.549. The zero-order valence-electron chi connectivity index (χ0n) is 8.58. The highest BCUT2D eigenvalue weighted by Crippen LogP contribution is 2.29. The zero-order valence-corrected chi connectivity index (χ0v) is 10.2. The summed E-state index contributed by atoms with van der Waals surface area (Å²) < 4.78 is 5.17. The maximum Gasteiger partial charge on any atom is 0.320 e. The van der Waals surface area contributed by atoms with Crippen molar-refractivity contribution in [2.45, 2.75) is 6.92 Å². The van der Waals surface area contributed by atoms with Crippen molar-refractivity contribution in [3.05, 3.63) is 23.2 Å². The second-order valence-corrected chi connectivity index (χ2v) is 4.40. The number of aromatic nitrogens is 1. The summed E-state index contributed by atoms with van der Waals surface area (Å²) in [6.07, 6.45) is 0. The van der Waals surface area contributed by atoms with Gasteiger partial charge in [-0.1, -0.05) is 11.6 Å². The fourth-order valence-corrected chi connectivity index (χ4v) is 2.20. The number of hydrogen-bond acceptors (Lipinski definition) is 3. The minimum atomic E-state index is -0.255. The molecule has 0 bridgehead atoms. The highest BCUT2D eigenvalue weighted by molar-refractivity contribution is 7.13. The molecule has 84 valence electrons.